The Morgan fingerprint density at radius 1 is 1.40 bits per heavy atom. The first-order chi connectivity index (χ1) is 12.0. The van der Waals surface area contributed by atoms with E-state index in [-0.39, 0.29) is 11.6 Å². The summed E-state index contributed by atoms with van der Waals surface area (Å²) in [6.45, 7) is 1.98. The molecule has 2 unspecified atom stereocenters. The molecule has 0 saturated carbocycles. The van der Waals surface area contributed by atoms with Crippen molar-refractivity contribution in [3.05, 3.63) is 67.5 Å². The third-order valence-corrected chi connectivity index (χ3v) is 5.67. The molecule has 126 valence electrons. The Balaban J connectivity index is 1.77. The first-order valence-corrected chi connectivity index (χ1v) is 8.94. The summed E-state index contributed by atoms with van der Waals surface area (Å²) in [5, 5.41) is 4.16. The van der Waals surface area contributed by atoms with Gasteiger partial charge in [-0.15, -0.1) is 0 Å². The van der Waals surface area contributed by atoms with Gasteiger partial charge < -0.3 is 4.74 Å². The number of hydrogen-bond donors (Lipinski definition) is 0. The molecule has 0 saturated heterocycles. The lowest BCUT2D eigenvalue weighted by molar-refractivity contribution is 0.0410. The minimum absolute atomic E-state index is 0.00337. The fourth-order valence-corrected chi connectivity index (χ4v) is 4.73. The van der Waals surface area contributed by atoms with Crippen LogP contribution in [0.2, 0.25) is 0 Å². The normalized spacial score (nSPS) is 24.2. The van der Waals surface area contributed by atoms with Crippen LogP contribution in [0.4, 0.5) is 0 Å². The van der Waals surface area contributed by atoms with Crippen LogP contribution < -0.4 is 19.6 Å². The highest BCUT2D eigenvalue weighted by molar-refractivity contribution is 7.07. The highest BCUT2D eigenvalue weighted by atomic mass is 32.1. The van der Waals surface area contributed by atoms with E-state index in [1.54, 1.807) is 10.9 Å². The molecule has 25 heavy (non-hydrogen) atoms. The number of aromatic nitrogens is 3. The predicted molar refractivity (Wildman–Crippen MR) is 94.4 cm³/mol. The summed E-state index contributed by atoms with van der Waals surface area (Å²) in [5.74, 6) is 0.812. The van der Waals surface area contributed by atoms with Gasteiger partial charge in [0.2, 0.25) is 5.72 Å². The summed E-state index contributed by atoms with van der Waals surface area (Å²) in [4.78, 5) is 18.5. The molecule has 0 fully saturated rings. The smallest absolute Gasteiger partial charge is 0.270 e. The first-order valence-electron chi connectivity index (χ1n) is 8.12. The topological polar surface area (TPSA) is 61.4 Å². The molecule has 0 radical (unpaired) electrons. The highest BCUT2D eigenvalue weighted by Crippen LogP contribution is 2.42. The van der Waals surface area contributed by atoms with E-state index in [1.807, 2.05) is 55.1 Å². The second-order valence-electron chi connectivity index (χ2n) is 6.66. The van der Waals surface area contributed by atoms with Crippen molar-refractivity contribution < 1.29 is 4.74 Å². The molecule has 2 bridgehead atoms. The molecule has 0 aliphatic carbocycles. The van der Waals surface area contributed by atoms with Gasteiger partial charge in [0, 0.05) is 30.8 Å². The number of fused-ring (bicyclic) bond motifs is 6. The number of rotatable bonds is 1. The maximum atomic E-state index is 13.1. The number of hydrogen-bond acceptors (Lipinski definition) is 5. The van der Waals surface area contributed by atoms with Crippen LogP contribution in [-0.4, -0.2) is 20.1 Å². The van der Waals surface area contributed by atoms with Crippen molar-refractivity contribution in [2.75, 3.05) is 0 Å². The van der Waals surface area contributed by atoms with Gasteiger partial charge in [0.15, 0.2) is 4.80 Å². The van der Waals surface area contributed by atoms with E-state index in [2.05, 4.69) is 5.10 Å². The molecule has 7 heteroatoms. The van der Waals surface area contributed by atoms with Crippen LogP contribution in [0.3, 0.4) is 0 Å². The molecule has 5 rings (SSSR count). The lowest BCUT2D eigenvalue weighted by Crippen LogP contribution is -2.49. The molecule has 0 amide bonds. The minimum Gasteiger partial charge on any atom is -0.466 e. The molecule has 2 atom stereocenters. The number of ether oxygens (including phenoxy) is 1. The van der Waals surface area contributed by atoms with E-state index in [9.17, 15) is 4.79 Å². The van der Waals surface area contributed by atoms with Gasteiger partial charge in [-0.1, -0.05) is 29.5 Å². The van der Waals surface area contributed by atoms with Gasteiger partial charge in [-0.05, 0) is 19.1 Å². The van der Waals surface area contributed by atoms with Crippen molar-refractivity contribution in [3.8, 4) is 5.75 Å². The lowest BCUT2D eigenvalue weighted by Gasteiger charge is -2.39. The molecule has 3 aromatic rings. The Morgan fingerprint density at radius 2 is 2.24 bits per heavy atom. The van der Waals surface area contributed by atoms with Crippen LogP contribution in [-0.2, 0) is 7.05 Å². The molecule has 4 heterocycles. The van der Waals surface area contributed by atoms with Crippen LogP contribution in [0.25, 0.3) is 6.08 Å². The second kappa shape index (κ2) is 4.92. The average molecular weight is 352 g/mol. The molecular weight excluding hydrogens is 336 g/mol. The highest BCUT2D eigenvalue weighted by Gasteiger charge is 2.42. The number of nitrogens with zero attached hydrogens (tertiary/aromatic N) is 4. The van der Waals surface area contributed by atoms with E-state index in [4.69, 9.17) is 9.73 Å². The van der Waals surface area contributed by atoms with Gasteiger partial charge in [-0.25, -0.2) is 4.99 Å². The van der Waals surface area contributed by atoms with E-state index < -0.39 is 5.72 Å². The molecule has 2 aliphatic heterocycles. The Labute approximate surface area is 147 Å². The molecule has 0 N–H and O–H groups in total. The largest absolute Gasteiger partial charge is 0.466 e. The van der Waals surface area contributed by atoms with Gasteiger partial charge in [0.1, 0.15) is 5.75 Å². The third-order valence-electron chi connectivity index (χ3n) is 4.68. The van der Waals surface area contributed by atoms with Crippen molar-refractivity contribution in [1.82, 2.24) is 14.3 Å². The van der Waals surface area contributed by atoms with E-state index >= 15 is 0 Å². The van der Waals surface area contributed by atoms with Gasteiger partial charge in [-0.2, -0.15) is 5.10 Å². The van der Waals surface area contributed by atoms with Crippen molar-refractivity contribution in [2.45, 2.75) is 25.1 Å². The zero-order valence-electron chi connectivity index (χ0n) is 13.8. The lowest BCUT2D eigenvalue weighted by atomic mass is 9.93. The number of para-hydroxylation sites is 1. The van der Waals surface area contributed by atoms with Crippen LogP contribution >= 0.6 is 11.3 Å². The molecule has 2 aromatic heterocycles. The molecular formula is C18H16N4O2S. The Bertz CT molecular complexity index is 1170. The van der Waals surface area contributed by atoms with Crippen LogP contribution in [0.15, 0.2) is 46.4 Å². The van der Waals surface area contributed by atoms with E-state index in [1.165, 1.54) is 11.3 Å². The van der Waals surface area contributed by atoms with E-state index in [0.29, 0.717) is 15.8 Å². The summed E-state index contributed by atoms with van der Waals surface area (Å²) in [5.41, 5.74) is 1.33. The van der Waals surface area contributed by atoms with Gasteiger partial charge in [-0.3, -0.25) is 14.0 Å². The zero-order valence-corrected chi connectivity index (χ0v) is 14.7. The van der Waals surface area contributed by atoms with Gasteiger partial charge >= 0.3 is 0 Å². The monoisotopic (exact) mass is 352 g/mol. The summed E-state index contributed by atoms with van der Waals surface area (Å²) >= 11 is 1.41. The van der Waals surface area contributed by atoms with Crippen molar-refractivity contribution in [3.63, 3.8) is 0 Å². The van der Waals surface area contributed by atoms with Gasteiger partial charge in [0.25, 0.3) is 5.56 Å². The summed E-state index contributed by atoms with van der Waals surface area (Å²) in [7, 11) is 1.86. The van der Waals surface area contributed by atoms with Crippen molar-refractivity contribution in [1.29, 1.82) is 0 Å². The fourth-order valence-electron chi connectivity index (χ4n) is 3.60. The summed E-state index contributed by atoms with van der Waals surface area (Å²) in [6.07, 6.45) is 6.18. The first kappa shape index (κ1) is 14.7. The second-order valence-corrected chi connectivity index (χ2v) is 7.67. The standard InChI is InChI=1S/C18H16N4O2S/c1-18-8-13(12-5-3-4-6-14(12)24-18)22-16(23)15(25-17(22)20-18)7-11-9-19-21(2)10-11/h3-7,9-10,13H,8H2,1-2H3/b15-7-. The maximum Gasteiger partial charge on any atom is 0.270 e. The number of thiazole rings is 1. The summed E-state index contributed by atoms with van der Waals surface area (Å²) < 4.78 is 10.3. The molecule has 2 aliphatic rings. The predicted octanol–water partition coefficient (Wildman–Crippen LogP) is 1.19. The average Bonchev–Trinajstić information content (AvgIpc) is 3.10. The quantitative estimate of drug-likeness (QED) is 0.661. The van der Waals surface area contributed by atoms with E-state index in [0.717, 1.165) is 16.9 Å². The van der Waals surface area contributed by atoms with Crippen LogP contribution in [0, 0.1) is 0 Å². The maximum absolute atomic E-state index is 13.1. The molecule has 0 spiro atoms. The number of aryl methyl sites for hydroxylation is 1. The Morgan fingerprint density at radius 3 is 3.04 bits per heavy atom. The molecule has 6 nitrogen and oxygen atoms in total. The Kier molecular flexibility index (Phi) is 2.88. The SMILES string of the molecule is Cn1cc(/C=c2\sc3n(c2=O)C2CC(C)(N=3)Oc3ccccc32)cn1. The summed E-state index contributed by atoms with van der Waals surface area (Å²) in [6, 6.07) is 7.87. The molecule has 1 aromatic carbocycles. The van der Waals surface area contributed by atoms with Gasteiger partial charge in [0.05, 0.1) is 16.8 Å². The zero-order chi connectivity index (χ0) is 17.2. The van der Waals surface area contributed by atoms with Crippen LogP contribution in [0.5, 0.6) is 5.75 Å². The van der Waals surface area contributed by atoms with Crippen molar-refractivity contribution >= 4 is 17.4 Å². The fraction of sp³-hybridized carbons (Fsp3) is 0.278. The minimum atomic E-state index is -0.623. The Hall–Kier alpha value is -2.67. The van der Waals surface area contributed by atoms with Crippen LogP contribution in [0.1, 0.15) is 30.5 Å². The third kappa shape index (κ3) is 2.19. The number of benzene rings is 1. The van der Waals surface area contributed by atoms with Crippen molar-refractivity contribution in [2.24, 2.45) is 12.0 Å².